The van der Waals surface area contributed by atoms with Gasteiger partial charge in [0.15, 0.2) is 6.10 Å². The highest BCUT2D eigenvalue weighted by atomic mass is 16.6. The number of hydrogen-bond acceptors (Lipinski definition) is 6. The van der Waals surface area contributed by atoms with Crippen LogP contribution in [0.3, 0.4) is 0 Å². The van der Waals surface area contributed by atoms with Crippen molar-refractivity contribution in [3.8, 4) is 0 Å². The van der Waals surface area contributed by atoms with Crippen LogP contribution in [0.15, 0.2) is 134 Å². The molecule has 0 saturated heterocycles. The zero-order valence-corrected chi connectivity index (χ0v) is 47.1. The van der Waals surface area contributed by atoms with E-state index in [9.17, 15) is 14.4 Å². The van der Waals surface area contributed by atoms with Crippen molar-refractivity contribution in [3.63, 3.8) is 0 Å². The van der Waals surface area contributed by atoms with E-state index in [1.165, 1.54) is 44.9 Å². The molecule has 0 heterocycles. The summed E-state index contributed by atoms with van der Waals surface area (Å²) in [6, 6.07) is 0. The van der Waals surface area contributed by atoms with Crippen molar-refractivity contribution in [3.05, 3.63) is 134 Å². The molecule has 0 amide bonds. The molecule has 0 radical (unpaired) electrons. The average Bonchev–Trinajstić information content (AvgIpc) is 3.39. The largest absolute Gasteiger partial charge is 0.462 e. The SMILES string of the molecule is CC/C=C\C/C=C\C/C=C\C/C=C\C/C=C\C/C=C\CCCCCCC(=O)OCC(COC(=O)CCCCCCC/C=C\C/C=C\CCC)OC(=O)CCCCCCCC/C=C\C/C=C\C/C=C\CCCCC. The molecule has 0 aromatic rings. The number of esters is 3. The lowest BCUT2D eigenvalue weighted by molar-refractivity contribution is -0.167. The number of ether oxygens (including phenoxy) is 3. The summed E-state index contributed by atoms with van der Waals surface area (Å²) in [6.07, 6.45) is 84.4. The molecule has 0 N–H and O–H groups in total. The van der Waals surface area contributed by atoms with Gasteiger partial charge in [-0.15, -0.1) is 0 Å². The zero-order chi connectivity index (χ0) is 52.9. The molecular formula is C67H108O6. The van der Waals surface area contributed by atoms with Crippen molar-refractivity contribution in [2.45, 2.75) is 258 Å². The standard InChI is InChI=1S/C67H108O6/c1-4-7-10-13-16-19-22-25-27-29-31-32-33-34-36-37-39-42-45-48-51-54-57-60-66(69)72-63-64(62-71-65(68)59-56-53-50-47-44-41-24-21-18-15-12-9-6-3)73-67(70)61-58-55-52-49-46-43-40-38-35-30-28-26-23-20-17-14-11-8-5-2/h7,10,12,15-17,19-21,24-28,31-32,34-36,38-39,42,64H,4-6,8-9,11,13-14,18,22-23,29-30,33,37,40-41,43-63H2,1-3H3/b10-7-,15-12-,19-16-,20-17-,24-21-,27-25-,28-26-,32-31-,36-34-,38-35-,42-39-. The maximum atomic E-state index is 12.9. The molecule has 6 nitrogen and oxygen atoms in total. The lowest BCUT2D eigenvalue weighted by atomic mass is 10.1. The van der Waals surface area contributed by atoms with Crippen molar-refractivity contribution in [1.29, 1.82) is 0 Å². The van der Waals surface area contributed by atoms with E-state index in [-0.39, 0.29) is 31.1 Å². The maximum Gasteiger partial charge on any atom is 0.306 e. The van der Waals surface area contributed by atoms with Gasteiger partial charge >= 0.3 is 17.9 Å². The Morgan fingerprint density at radius 3 is 0.890 bits per heavy atom. The molecule has 0 aromatic heterocycles. The minimum Gasteiger partial charge on any atom is -0.462 e. The van der Waals surface area contributed by atoms with Gasteiger partial charge < -0.3 is 14.2 Å². The summed E-state index contributed by atoms with van der Waals surface area (Å²) in [7, 11) is 0. The summed E-state index contributed by atoms with van der Waals surface area (Å²) < 4.78 is 16.8. The van der Waals surface area contributed by atoms with Gasteiger partial charge in [0.2, 0.25) is 0 Å². The summed E-state index contributed by atoms with van der Waals surface area (Å²) in [5.74, 6) is -0.958. The fourth-order valence-electron chi connectivity index (χ4n) is 7.67. The third-order valence-corrected chi connectivity index (χ3v) is 12.1. The number of rotatable bonds is 52. The van der Waals surface area contributed by atoms with E-state index in [0.717, 1.165) is 167 Å². The first-order chi connectivity index (χ1) is 36.0. The van der Waals surface area contributed by atoms with Gasteiger partial charge in [-0.3, -0.25) is 14.4 Å². The maximum absolute atomic E-state index is 12.9. The molecule has 0 aliphatic heterocycles. The summed E-state index contributed by atoms with van der Waals surface area (Å²) in [6.45, 7) is 6.38. The third-order valence-electron chi connectivity index (χ3n) is 12.1. The quantitative estimate of drug-likeness (QED) is 0.0261. The van der Waals surface area contributed by atoms with Crippen LogP contribution < -0.4 is 0 Å². The average molecular weight is 1010 g/mol. The molecule has 0 bridgehead atoms. The highest BCUT2D eigenvalue weighted by molar-refractivity contribution is 5.71. The highest BCUT2D eigenvalue weighted by Gasteiger charge is 2.19. The van der Waals surface area contributed by atoms with Crippen LogP contribution in [-0.4, -0.2) is 37.2 Å². The smallest absolute Gasteiger partial charge is 0.306 e. The van der Waals surface area contributed by atoms with Gasteiger partial charge in [0.1, 0.15) is 13.2 Å². The van der Waals surface area contributed by atoms with Crippen molar-refractivity contribution < 1.29 is 28.6 Å². The number of carbonyl (C=O) groups is 3. The molecule has 0 rings (SSSR count). The lowest BCUT2D eigenvalue weighted by Gasteiger charge is -2.18. The van der Waals surface area contributed by atoms with Crippen LogP contribution in [0.4, 0.5) is 0 Å². The molecule has 0 spiro atoms. The summed E-state index contributed by atoms with van der Waals surface area (Å²) in [5, 5.41) is 0. The predicted molar refractivity (Wildman–Crippen MR) is 316 cm³/mol. The van der Waals surface area contributed by atoms with E-state index in [1.54, 1.807) is 0 Å². The first-order valence-electron chi connectivity index (χ1n) is 29.7. The highest BCUT2D eigenvalue weighted by Crippen LogP contribution is 2.13. The summed E-state index contributed by atoms with van der Waals surface area (Å²) in [4.78, 5) is 38.2. The van der Waals surface area contributed by atoms with Crippen molar-refractivity contribution in [2.75, 3.05) is 13.2 Å². The van der Waals surface area contributed by atoms with Crippen molar-refractivity contribution in [2.24, 2.45) is 0 Å². The van der Waals surface area contributed by atoms with Gasteiger partial charge in [-0.1, -0.05) is 231 Å². The Hall–Kier alpha value is -4.45. The topological polar surface area (TPSA) is 78.9 Å². The number of hydrogen-bond donors (Lipinski definition) is 0. The second kappa shape index (κ2) is 60.1. The Labute approximate surface area is 449 Å². The van der Waals surface area contributed by atoms with E-state index in [4.69, 9.17) is 14.2 Å². The Balaban J connectivity index is 4.47. The monoisotopic (exact) mass is 1010 g/mol. The molecule has 1 unspecified atom stereocenters. The van der Waals surface area contributed by atoms with Crippen molar-refractivity contribution in [1.82, 2.24) is 0 Å². The molecule has 0 aromatic carbocycles. The molecule has 6 heteroatoms. The molecule has 0 aliphatic carbocycles. The Kier molecular flexibility index (Phi) is 56.4. The van der Waals surface area contributed by atoms with Gasteiger partial charge in [0.05, 0.1) is 0 Å². The number of allylic oxidation sites excluding steroid dienone is 22. The molecular weight excluding hydrogens is 901 g/mol. The zero-order valence-electron chi connectivity index (χ0n) is 47.1. The van der Waals surface area contributed by atoms with E-state index in [0.29, 0.717) is 19.3 Å². The summed E-state index contributed by atoms with van der Waals surface area (Å²) in [5.41, 5.74) is 0. The van der Waals surface area contributed by atoms with Crippen LogP contribution in [0.2, 0.25) is 0 Å². The van der Waals surface area contributed by atoms with E-state index in [1.807, 2.05) is 0 Å². The van der Waals surface area contributed by atoms with Gasteiger partial charge in [0, 0.05) is 19.3 Å². The fraction of sp³-hybridized carbons (Fsp3) is 0.627. The first kappa shape index (κ1) is 68.6. The van der Waals surface area contributed by atoms with Crippen LogP contribution >= 0.6 is 0 Å². The molecule has 0 fully saturated rings. The van der Waals surface area contributed by atoms with Crippen LogP contribution in [0, 0.1) is 0 Å². The Morgan fingerprint density at radius 1 is 0.288 bits per heavy atom. The normalized spacial score (nSPS) is 13.1. The molecule has 1 atom stereocenters. The van der Waals surface area contributed by atoms with E-state index >= 15 is 0 Å². The number of unbranched alkanes of at least 4 members (excludes halogenated alkanes) is 19. The van der Waals surface area contributed by atoms with Crippen LogP contribution in [0.25, 0.3) is 0 Å². The Bertz CT molecular complexity index is 1580. The van der Waals surface area contributed by atoms with E-state index < -0.39 is 6.10 Å². The van der Waals surface area contributed by atoms with Crippen molar-refractivity contribution >= 4 is 17.9 Å². The molecule has 73 heavy (non-hydrogen) atoms. The molecule has 412 valence electrons. The fourth-order valence-corrected chi connectivity index (χ4v) is 7.67. The minimum atomic E-state index is -0.808. The van der Waals surface area contributed by atoms with Crippen LogP contribution in [0.1, 0.15) is 252 Å². The second-order valence-corrected chi connectivity index (χ2v) is 19.2. The molecule has 0 aliphatic rings. The second-order valence-electron chi connectivity index (χ2n) is 19.2. The van der Waals surface area contributed by atoms with Crippen LogP contribution in [0.5, 0.6) is 0 Å². The molecule has 0 saturated carbocycles. The first-order valence-corrected chi connectivity index (χ1v) is 29.7. The van der Waals surface area contributed by atoms with Gasteiger partial charge in [-0.25, -0.2) is 0 Å². The minimum absolute atomic E-state index is 0.103. The Morgan fingerprint density at radius 2 is 0.562 bits per heavy atom. The van der Waals surface area contributed by atoms with Crippen LogP contribution in [-0.2, 0) is 28.6 Å². The number of carbonyl (C=O) groups excluding carboxylic acids is 3. The lowest BCUT2D eigenvalue weighted by Crippen LogP contribution is -2.30. The van der Waals surface area contributed by atoms with E-state index in [2.05, 4.69) is 154 Å². The van der Waals surface area contributed by atoms with Gasteiger partial charge in [-0.2, -0.15) is 0 Å². The van der Waals surface area contributed by atoms with Gasteiger partial charge in [-0.05, 0) is 135 Å². The van der Waals surface area contributed by atoms with Gasteiger partial charge in [0.25, 0.3) is 0 Å². The summed E-state index contributed by atoms with van der Waals surface area (Å²) >= 11 is 0. The predicted octanol–water partition coefficient (Wildman–Crippen LogP) is 20.2. The third kappa shape index (κ3) is 58.3.